The number of nitrogens with zero attached hydrogens (tertiary/aromatic N) is 3. The molecule has 0 bridgehead atoms. The number of anilines is 1. The molecule has 0 atom stereocenters. The molecular formula is C13H19ClN4O. The molecule has 1 aromatic rings. The smallest absolute Gasteiger partial charge is 0.222 e. The molecule has 1 fully saturated rings. The number of aromatic nitrogens is 2. The van der Waals surface area contributed by atoms with Gasteiger partial charge in [-0.05, 0) is 26.7 Å². The molecule has 0 spiro atoms. The zero-order valence-corrected chi connectivity index (χ0v) is 12.3. The first kappa shape index (κ1) is 14.1. The van der Waals surface area contributed by atoms with E-state index in [0.29, 0.717) is 11.0 Å². The van der Waals surface area contributed by atoms with Crippen molar-refractivity contribution in [2.24, 2.45) is 5.92 Å². The molecule has 1 aliphatic heterocycles. The number of hydrogen-bond donors (Lipinski definition) is 1. The van der Waals surface area contributed by atoms with E-state index in [1.54, 1.807) is 7.05 Å². The Bertz CT molecular complexity index is 484. The van der Waals surface area contributed by atoms with Crippen LogP contribution in [0.15, 0.2) is 0 Å². The van der Waals surface area contributed by atoms with Crippen molar-refractivity contribution in [3.8, 4) is 0 Å². The number of halogens is 1. The fraction of sp³-hybridized carbons (Fsp3) is 0.615. The van der Waals surface area contributed by atoms with Crippen molar-refractivity contribution < 1.29 is 4.79 Å². The Hall–Kier alpha value is -1.36. The molecule has 1 amide bonds. The van der Waals surface area contributed by atoms with Gasteiger partial charge in [-0.25, -0.2) is 9.97 Å². The number of piperidine rings is 1. The van der Waals surface area contributed by atoms with Gasteiger partial charge in [0, 0.05) is 31.6 Å². The van der Waals surface area contributed by atoms with Gasteiger partial charge in [0.25, 0.3) is 0 Å². The molecular weight excluding hydrogens is 264 g/mol. The normalized spacial score (nSPS) is 16.5. The van der Waals surface area contributed by atoms with Crippen LogP contribution in [0.1, 0.15) is 24.2 Å². The van der Waals surface area contributed by atoms with Crippen molar-refractivity contribution in [1.82, 2.24) is 15.3 Å². The van der Waals surface area contributed by atoms with Gasteiger partial charge in [-0.2, -0.15) is 0 Å². The summed E-state index contributed by atoms with van der Waals surface area (Å²) in [5, 5.41) is 3.22. The fourth-order valence-corrected chi connectivity index (χ4v) is 2.65. The first-order valence-corrected chi connectivity index (χ1v) is 6.88. The summed E-state index contributed by atoms with van der Waals surface area (Å²) in [6.07, 6.45) is 1.69. The Morgan fingerprint density at radius 1 is 1.32 bits per heavy atom. The minimum absolute atomic E-state index is 0.111. The van der Waals surface area contributed by atoms with Crippen molar-refractivity contribution in [2.45, 2.75) is 26.7 Å². The third kappa shape index (κ3) is 2.97. The molecule has 1 saturated heterocycles. The molecule has 0 saturated carbocycles. The molecule has 2 heterocycles. The lowest BCUT2D eigenvalue weighted by Crippen LogP contribution is -2.40. The van der Waals surface area contributed by atoms with Gasteiger partial charge < -0.3 is 10.2 Å². The second-order valence-corrected chi connectivity index (χ2v) is 5.24. The standard InChI is InChI=1S/C13H19ClN4O/c1-8-11(14)16-9(2)17-12(8)18-6-4-10(5-7-18)13(19)15-3/h10H,4-7H2,1-3H3,(H,15,19). The van der Waals surface area contributed by atoms with Crippen molar-refractivity contribution in [2.75, 3.05) is 25.0 Å². The first-order valence-electron chi connectivity index (χ1n) is 6.50. The Labute approximate surface area is 118 Å². The van der Waals surface area contributed by atoms with Gasteiger partial charge in [0.1, 0.15) is 16.8 Å². The largest absolute Gasteiger partial charge is 0.359 e. The molecule has 1 N–H and O–H groups in total. The zero-order chi connectivity index (χ0) is 14.0. The molecule has 1 aromatic heterocycles. The van der Waals surface area contributed by atoms with Gasteiger partial charge in [-0.15, -0.1) is 0 Å². The lowest BCUT2D eigenvalue weighted by atomic mass is 9.96. The quantitative estimate of drug-likeness (QED) is 0.839. The summed E-state index contributed by atoms with van der Waals surface area (Å²) in [6, 6.07) is 0. The van der Waals surface area contributed by atoms with Crippen LogP contribution >= 0.6 is 11.6 Å². The van der Waals surface area contributed by atoms with Crippen molar-refractivity contribution in [3.05, 3.63) is 16.5 Å². The zero-order valence-electron chi connectivity index (χ0n) is 11.5. The van der Waals surface area contributed by atoms with E-state index in [9.17, 15) is 4.79 Å². The molecule has 104 valence electrons. The molecule has 6 heteroatoms. The molecule has 0 radical (unpaired) electrons. The Balaban J connectivity index is 2.12. The molecule has 5 nitrogen and oxygen atoms in total. The predicted octanol–water partition coefficient (Wildman–Crippen LogP) is 1.71. The van der Waals surface area contributed by atoms with Gasteiger partial charge in [-0.3, -0.25) is 4.79 Å². The second kappa shape index (κ2) is 5.74. The Morgan fingerprint density at radius 3 is 2.53 bits per heavy atom. The van der Waals surface area contributed by atoms with Crippen LogP contribution in [0.4, 0.5) is 5.82 Å². The van der Waals surface area contributed by atoms with Crippen LogP contribution < -0.4 is 10.2 Å². The third-order valence-corrected chi connectivity index (χ3v) is 3.95. The highest BCUT2D eigenvalue weighted by Gasteiger charge is 2.26. The topological polar surface area (TPSA) is 58.1 Å². The highest BCUT2D eigenvalue weighted by atomic mass is 35.5. The molecule has 0 unspecified atom stereocenters. The number of aryl methyl sites for hydroxylation is 1. The van der Waals surface area contributed by atoms with Crippen molar-refractivity contribution in [3.63, 3.8) is 0 Å². The van der Waals surface area contributed by atoms with Crippen LogP contribution in [0.2, 0.25) is 5.15 Å². The van der Waals surface area contributed by atoms with E-state index in [1.165, 1.54) is 0 Å². The monoisotopic (exact) mass is 282 g/mol. The summed E-state index contributed by atoms with van der Waals surface area (Å²) in [7, 11) is 1.69. The molecule has 0 aromatic carbocycles. The average Bonchev–Trinajstić information content (AvgIpc) is 2.42. The van der Waals surface area contributed by atoms with Crippen LogP contribution in [0.5, 0.6) is 0 Å². The summed E-state index contributed by atoms with van der Waals surface area (Å²) in [5.41, 5.74) is 0.908. The lowest BCUT2D eigenvalue weighted by molar-refractivity contribution is -0.125. The molecule has 0 aliphatic carbocycles. The highest BCUT2D eigenvalue weighted by molar-refractivity contribution is 6.30. The Morgan fingerprint density at radius 2 is 1.95 bits per heavy atom. The summed E-state index contributed by atoms with van der Waals surface area (Å²) in [5.74, 6) is 1.82. The van der Waals surface area contributed by atoms with Gasteiger partial charge >= 0.3 is 0 Å². The first-order chi connectivity index (χ1) is 9.02. The molecule has 2 rings (SSSR count). The van der Waals surface area contributed by atoms with E-state index in [-0.39, 0.29) is 11.8 Å². The predicted molar refractivity (Wildman–Crippen MR) is 75.5 cm³/mol. The SMILES string of the molecule is CNC(=O)C1CCN(c2nc(C)nc(Cl)c2C)CC1. The summed E-state index contributed by atoms with van der Waals surface area (Å²) >= 11 is 6.10. The lowest BCUT2D eigenvalue weighted by Gasteiger charge is -2.33. The van der Waals surface area contributed by atoms with E-state index in [2.05, 4.69) is 20.2 Å². The number of rotatable bonds is 2. The summed E-state index contributed by atoms with van der Waals surface area (Å²) < 4.78 is 0. The van der Waals surface area contributed by atoms with Gasteiger partial charge in [0.2, 0.25) is 5.91 Å². The van der Waals surface area contributed by atoms with Crippen LogP contribution in [-0.4, -0.2) is 36.0 Å². The number of nitrogens with one attached hydrogen (secondary N) is 1. The van der Waals surface area contributed by atoms with Gasteiger partial charge in [0.05, 0.1) is 0 Å². The summed E-state index contributed by atoms with van der Waals surface area (Å²) in [4.78, 5) is 22.4. The number of carbonyl (C=O) groups excluding carboxylic acids is 1. The van der Waals surface area contributed by atoms with E-state index in [4.69, 9.17) is 11.6 Å². The van der Waals surface area contributed by atoms with Gasteiger partial charge in [0.15, 0.2) is 0 Å². The van der Waals surface area contributed by atoms with E-state index >= 15 is 0 Å². The van der Waals surface area contributed by atoms with E-state index in [1.807, 2.05) is 13.8 Å². The molecule has 19 heavy (non-hydrogen) atoms. The Kier molecular flexibility index (Phi) is 4.24. The highest BCUT2D eigenvalue weighted by Crippen LogP contribution is 2.27. The van der Waals surface area contributed by atoms with Crippen LogP contribution in [-0.2, 0) is 4.79 Å². The van der Waals surface area contributed by atoms with Crippen LogP contribution in [0, 0.1) is 19.8 Å². The van der Waals surface area contributed by atoms with Gasteiger partial charge in [-0.1, -0.05) is 11.6 Å². The minimum Gasteiger partial charge on any atom is -0.359 e. The maximum absolute atomic E-state index is 11.6. The maximum Gasteiger partial charge on any atom is 0.222 e. The summed E-state index contributed by atoms with van der Waals surface area (Å²) in [6.45, 7) is 5.42. The number of amides is 1. The van der Waals surface area contributed by atoms with E-state index < -0.39 is 0 Å². The number of carbonyl (C=O) groups is 1. The molecule has 1 aliphatic rings. The average molecular weight is 283 g/mol. The maximum atomic E-state index is 11.6. The van der Waals surface area contributed by atoms with Crippen molar-refractivity contribution in [1.29, 1.82) is 0 Å². The fourth-order valence-electron chi connectivity index (χ4n) is 2.45. The second-order valence-electron chi connectivity index (χ2n) is 4.89. The third-order valence-electron chi connectivity index (χ3n) is 3.58. The van der Waals surface area contributed by atoms with E-state index in [0.717, 1.165) is 37.3 Å². The van der Waals surface area contributed by atoms with Crippen LogP contribution in [0.3, 0.4) is 0 Å². The van der Waals surface area contributed by atoms with Crippen LogP contribution in [0.25, 0.3) is 0 Å². The minimum atomic E-state index is 0.111. The number of hydrogen-bond acceptors (Lipinski definition) is 4. The van der Waals surface area contributed by atoms with Crippen molar-refractivity contribution >= 4 is 23.3 Å².